The first-order valence-electron chi connectivity index (χ1n) is 11.5. The molecule has 2 aromatic carbocycles. The van der Waals surface area contributed by atoms with E-state index in [1.54, 1.807) is 43.5 Å². The lowest BCUT2D eigenvalue weighted by Gasteiger charge is -2.26. The van der Waals surface area contributed by atoms with Crippen molar-refractivity contribution in [1.82, 2.24) is 9.88 Å². The first-order chi connectivity index (χ1) is 18.0. The van der Waals surface area contributed by atoms with E-state index in [4.69, 9.17) is 4.74 Å². The molecule has 4 amide bonds. The number of imide groups is 2. The van der Waals surface area contributed by atoms with Crippen LogP contribution in [0, 0.1) is 13.8 Å². The monoisotopic (exact) mass is 517 g/mol. The molecule has 1 aliphatic rings. The Morgan fingerprint density at radius 2 is 1.61 bits per heavy atom. The molecule has 194 valence electrons. The molecule has 0 spiro atoms. The smallest absolute Gasteiger partial charge is 0.335 e. The SMILES string of the molecule is CCOc1cccc(N2C(=O)NC(=O)/C(=C\c3cc(C)n(-c4cc(C(=O)O)cc(C(=O)O)c4)c3C)C2=O)c1. The van der Waals surface area contributed by atoms with Crippen LogP contribution in [0.4, 0.5) is 10.5 Å². The largest absolute Gasteiger partial charge is 0.494 e. The molecule has 11 nitrogen and oxygen atoms in total. The van der Waals surface area contributed by atoms with Crippen molar-refractivity contribution in [2.45, 2.75) is 20.8 Å². The lowest BCUT2D eigenvalue weighted by molar-refractivity contribution is -0.122. The van der Waals surface area contributed by atoms with Crippen molar-refractivity contribution in [3.05, 3.63) is 82.2 Å². The Labute approximate surface area is 216 Å². The second-order valence-electron chi connectivity index (χ2n) is 8.43. The molecule has 3 N–H and O–H groups in total. The highest BCUT2D eigenvalue weighted by molar-refractivity contribution is 6.39. The highest BCUT2D eigenvalue weighted by Gasteiger charge is 2.37. The molecule has 38 heavy (non-hydrogen) atoms. The van der Waals surface area contributed by atoms with Gasteiger partial charge in [0.15, 0.2) is 0 Å². The predicted molar refractivity (Wildman–Crippen MR) is 136 cm³/mol. The summed E-state index contributed by atoms with van der Waals surface area (Å²) in [7, 11) is 0. The van der Waals surface area contributed by atoms with Crippen molar-refractivity contribution in [2.24, 2.45) is 0 Å². The number of carbonyl (C=O) groups is 5. The number of urea groups is 1. The van der Waals surface area contributed by atoms with E-state index in [0.29, 0.717) is 29.3 Å². The average molecular weight is 517 g/mol. The second-order valence-corrected chi connectivity index (χ2v) is 8.43. The van der Waals surface area contributed by atoms with Crippen molar-refractivity contribution in [3.8, 4) is 11.4 Å². The van der Waals surface area contributed by atoms with Gasteiger partial charge in [-0.05, 0) is 68.8 Å². The van der Waals surface area contributed by atoms with Crippen LogP contribution in [0.25, 0.3) is 11.8 Å². The number of carboxylic acids is 2. The van der Waals surface area contributed by atoms with E-state index in [2.05, 4.69) is 5.32 Å². The molecule has 0 aliphatic carbocycles. The number of carboxylic acid groups (broad SMARTS) is 2. The third kappa shape index (κ3) is 4.76. The number of anilines is 1. The first kappa shape index (κ1) is 25.9. The number of aryl methyl sites for hydroxylation is 1. The Morgan fingerprint density at radius 3 is 2.21 bits per heavy atom. The highest BCUT2D eigenvalue weighted by atomic mass is 16.5. The van der Waals surface area contributed by atoms with E-state index in [-0.39, 0.29) is 28.1 Å². The quantitative estimate of drug-likeness (QED) is 0.317. The Balaban J connectivity index is 1.78. The summed E-state index contributed by atoms with van der Waals surface area (Å²) < 4.78 is 7.06. The molecule has 0 radical (unpaired) electrons. The molecule has 4 rings (SSSR count). The summed E-state index contributed by atoms with van der Waals surface area (Å²) >= 11 is 0. The van der Waals surface area contributed by atoms with Crippen LogP contribution in [-0.2, 0) is 9.59 Å². The fourth-order valence-corrected chi connectivity index (χ4v) is 4.24. The van der Waals surface area contributed by atoms with Gasteiger partial charge < -0.3 is 19.5 Å². The van der Waals surface area contributed by atoms with E-state index in [1.807, 2.05) is 0 Å². The zero-order valence-corrected chi connectivity index (χ0v) is 20.6. The summed E-state index contributed by atoms with van der Waals surface area (Å²) in [6.45, 7) is 5.56. The molecule has 1 aliphatic heterocycles. The Bertz CT molecular complexity index is 1520. The van der Waals surface area contributed by atoms with E-state index in [9.17, 15) is 34.2 Å². The molecule has 11 heteroatoms. The third-order valence-electron chi connectivity index (χ3n) is 5.93. The number of hydrogen-bond donors (Lipinski definition) is 3. The molecule has 0 bridgehead atoms. The number of barbiturate groups is 1. The van der Waals surface area contributed by atoms with Crippen LogP contribution in [0.1, 0.15) is 44.6 Å². The maximum absolute atomic E-state index is 13.3. The number of aromatic carboxylic acids is 2. The molecule has 3 aromatic rings. The maximum atomic E-state index is 13.3. The number of ether oxygens (including phenoxy) is 1. The van der Waals surface area contributed by atoms with Gasteiger partial charge in [0.25, 0.3) is 11.8 Å². The summed E-state index contributed by atoms with van der Waals surface area (Å²) in [5.41, 5.74) is 1.33. The van der Waals surface area contributed by atoms with Gasteiger partial charge >= 0.3 is 18.0 Å². The normalized spacial score (nSPS) is 14.6. The standard InChI is InChI=1S/C27H23N3O8/c1-4-38-21-7-5-6-19(13-21)30-24(32)22(23(31)28-27(30)37)12-16-8-14(2)29(15(16)3)20-10-17(25(33)34)9-18(11-20)26(35)36/h5-13H,4H2,1-3H3,(H,33,34)(H,35,36)(H,28,31,37)/b22-12+. The zero-order chi connectivity index (χ0) is 27.7. The molecule has 1 aromatic heterocycles. The zero-order valence-electron chi connectivity index (χ0n) is 20.6. The number of rotatable bonds is 7. The van der Waals surface area contributed by atoms with Gasteiger partial charge in [-0.1, -0.05) is 6.07 Å². The van der Waals surface area contributed by atoms with Crippen molar-refractivity contribution in [3.63, 3.8) is 0 Å². The molecule has 1 saturated heterocycles. The van der Waals surface area contributed by atoms with Gasteiger partial charge in [-0.2, -0.15) is 0 Å². The highest BCUT2D eigenvalue weighted by Crippen LogP contribution is 2.28. The fourth-order valence-electron chi connectivity index (χ4n) is 4.24. The van der Waals surface area contributed by atoms with Gasteiger partial charge in [0.05, 0.1) is 23.4 Å². The van der Waals surface area contributed by atoms with Gasteiger partial charge in [0.1, 0.15) is 11.3 Å². The van der Waals surface area contributed by atoms with Crippen LogP contribution in [-0.4, -0.2) is 51.2 Å². The second kappa shape index (κ2) is 10.1. The molecule has 1 fully saturated rings. The summed E-state index contributed by atoms with van der Waals surface area (Å²) in [4.78, 5) is 62.5. The van der Waals surface area contributed by atoms with Crippen LogP contribution in [0.2, 0.25) is 0 Å². The minimum Gasteiger partial charge on any atom is -0.494 e. The van der Waals surface area contributed by atoms with Crippen LogP contribution in [0.15, 0.2) is 54.1 Å². The number of aromatic nitrogens is 1. The Kier molecular flexibility index (Phi) is 6.85. The van der Waals surface area contributed by atoms with Crippen molar-refractivity contribution in [1.29, 1.82) is 0 Å². The molecular formula is C27H23N3O8. The van der Waals surface area contributed by atoms with Gasteiger partial charge in [-0.25, -0.2) is 19.3 Å². The minimum absolute atomic E-state index is 0.211. The van der Waals surface area contributed by atoms with Gasteiger partial charge in [0.2, 0.25) is 0 Å². The Morgan fingerprint density at radius 1 is 0.947 bits per heavy atom. The van der Waals surface area contributed by atoms with E-state index in [0.717, 1.165) is 11.0 Å². The summed E-state index contributed by atoms with van der Waals surface area (Å²) in [5.74, 6) is -3.84. The van der Waals surface area contributed by atoms with Crippen LogP contribution < -0.4 is 15.0 Å². The number of carbonyl (C=O) groups excluding carboxylic acids is 3. The van der Waals surface area contributed by atoms with Crippen molar-refractivity contribution < 1.29 is 38.9 Å². The topological polar surface area (TPSA) is 155 Å². The van der Waals surface area contributed by atoms with Gasteiger partial charge in [0, 0.05) is 23.1 Å². The van der Waals surface area contributed by atoms with Crippen molar-refractivity contribution >= 4 is 41.5 Å². The molecule has 0 saturated carbocycles. The Hall–Kier alpha value is -5.19. The lowest BCUT2D eigenvalue weighted by atomic mass is 10.1. The number of benzene rings is 2. The first-order valence-corrected chi connectivity index (χ1v) is 11.5. The van der Waals surface area contributed by atoms with E-state index in [1.165, 1.54) is 30.3 Å². The van der Waals surface area contributed by atoms with Crippen LogP contribution in [0.5, 0.6) is 5.75 Å². The molecule has 0 unspecified atom stereocenters. The van der Waals surface area contributed by atoms with Crippen LogP contribution >= 0.6 is 0 Å². The molecule has 0 atom stereocenters. The van der Waals surface area contributed by atoms with E-state index < -0.39 is 29.8 Å². The number of hydrogen-bond acceptors (Lipinski definition) is 6. The van der Waals surface area contributed by atoms with E-state index >= 15 is 0 Å². The maximum Gasteiger partial charge on any atom is 0.335 e. The summed E-state index contributed by atoms with van der Waals surface area (Å²) in [6.07, 6.45) is 1.33. The predicted octanol–water partition coefficient (Wildman–Crippen LogP) is 3.56. The summed E-state index contributed by atoms with van der Waals surface area (Å²) in [6, 6.07) is 10.8. The molecule has 2 heterocycles. The number of nitrogens with zero attached hydrogens (tertiary/aromatic N) is 2. The van der Waals surface area contributed by atoms with Crippen molar-refractivity contribution in [2.75, 3.05) is 11.5 Å². The van der Waals surface area contributed by atoms with Crippen LogP contribution in [0.3, 0.4) is 0 Å². The number of nitrogens with one attached hydrogen (secondary N) is 1. The number of amides is 4. The fraction of sp³-hybridized carbons (Fsp3) is 0.148. The van der Waals surface area contributed by atoms with Gasteiger partial charge in [-0.15, -0.1) is 0 Å². The average Bonchev–Trinajstić information content (AvgIpc) is 3.14. The molecular weight excluding hydrogens is 494 g/mol. The summed E-state index contributed by atoms with van der Waals surface area (Å²) in [5, 5.41) is 21.0. The third-order valence-corrected chi connectivity index (χ3v) is 5.93. The van der Waals surface area contributed by atoms with Gasteiger partial charge in [-0.3, -0.25) is 14.9 Å². The minimum atomic E-state index is -1.29. The lowest BCUT2D eigenvalue weighted by Crippen LogP contribution is -2.54.